The average molecular weight is 567 g/mol. The molecule has 0 saturated carbocycles. The Morgan fingerprint density at radius 1 is 0.949 bits per heavy atom. The number of amides is 1. The Kier molecular flexibility index (Phi) is 7.77. The van der Waals surface area contributed by atoms with E-state index in [0.29, 0.717) is 29.0 Å². The van der Waals surface area contributed by atoms with Gasteiger partial charge in [-0.25, -0.2) is 0 Å². The first-order valence-corrected chi connectivity index (χ1v) is 14.5. The highest BCUT2D eigenvalue weighted by molar-refractivity contribution is 6.33. The van der Waals surface area contributed by atoms with Crippen molar-refractivity contribution in [3.05, 3.63) is 69.8 Å². The number of anilines is 4. The molecular formula is C29H33Cl2N7O. The lowest BCUT2D eigenvalue weighted by atomic mass is 10.0. The third-order valence-corrected chi connectivity index (χ3v) is 8.61. The molecule has 10 heteroatoms. The van der Waals surface area contributed by atoms with Crippen LogP contribution < -0.4 is 20.4 Å². The molecule has 0 bridgehead atoms. The van der Waals surface area contributed by atoms with Crippen LogP contribution in [0.15, 0.2) is 48.5 Å². The second kappa shape index (κ2) is 11.6. The molecule has 204 valence electrons. The smallest absolute Gasteiger partial charge is 0.276 e. The van der Waals surface area contributed by atoms with Gasteiger partial charge in [0, 0.05) is 60.2 Å². The highest BCUT2D eigenvalue weighted by Gasteiger charge is 2.27. The first-order valence-electron chi connectivity index (χ1n) is 13.7. The molecule has 0 atom stereocenters. The molecule has 2 N–H and O–H groups in total. The Labute approximate surface area is 239 Å². The molecule has 0 spiro atoms. The molecule has 2 fully saturated rings. The predicted molar refractivity (Wildman–Crippen MR) is 158 cm³/mol. The van der Waals surface area contributed by atoms with Crippen LogP contribution in [-0.2, 0) is 6.54 Å². The molecule has 39 heavy (non-hydrogen) atoms. The summed E-state index contributed by atoms with van der Waals surface area (Å²) < 4.78 is 0. The average Bonchev–Trinajstić information content (AvgIpc) is 3.51. The molecule has 3 aliphatic rings. The third-order valence-electron chi connectivity index (χ3n) is 8.00. The molecular weight excluding hydrogens is 533 g/mol. The second-order valence-corrected chi connectivity index (χ2v) is 11.4. The number of fused-ring (bicyclic) bond motifs is 1. The van der Waals surface area contributed by atoms with Crippen molar-refractivity contribution in [3.8, 4) is 0 Å². The number of hydrogen-bond acceptors (Lipinski definition) is 7. The maximum absolute atomic E-state index is 13.1. The summed E-state index contributed by atoms with van der Waals surface area (Å²) in [6.45, 7) is 6.67. The van der Waals surface area contributed by atoms with Crippen LogP contribution >= 0.6 is 23.2 Å². The number of nitrogens with one attached hydrogen (secondary N) is 2. The minimum atomic E-state index is -0.296. The van der Waals surface area contributed by atoms with E-state index in [1.807, 2.05) is 18.2 Å². The van der Waals surface area contributed by atoms with Gasteiger partial charge in [0.1, 0.15) is 0 Å². The molecule has 6 rings (SSSR count). The zero-order chi connectivity index (χ0) is 26.8. The first kappa shape index (κ1) is 26.2. The summed E-state index contributed by atoms with van der Waals surface area (Å²) in [5, 5.41) is 16.0. The summed E-state index contributed by atoms with van der Waals surface area (Å²) in [6.07, 6.45) is 5.12. The largest absolute Gasteiger partial charge is 0.371 e. The minimum absolute atomic E-state index is 0.257. The van der Waals surface area contributed by atoms with Crippen LogP contribution in [-0.4, -0.2) is 66.3 Å². The maximum Gasteiger partial charge on any atom is 0.276 e. The van der Waals surface area contributed by atoms with E-state index >= 15 is 0 Å². The van der Waals surface area contributed by atoms with Crippen LogP contribution in [0.1, 0.15) is 41.7 Å². The van der Waals surface area contributed by atoms with Gasteiger partial charge < -0.3 is 25.3 Å². The molecule has 3 aromatic rings. The summed E-state index contributed by atoms with van der Waals surface area (Å²) in [4.78, 5) is 20.4. The molecule has 2 saturated heterocycles. The van der Waals surface area contributed by atoms with E-state index in [0.717, 1.165) is 42.6 Å². The van der Waals surface area contributed by atoms with Gasteiger partial charge in [-0.2, -0.15) is 0 Å². The lowest BCUT2D eigenvalue weighted by molar-refractivity contribution is 0.102. The van der Waals surface area contributed by atoms with E-state index in [9.17, 15) is 4.79 Å². The number of likely N-dealkylation sites (tertiary alicyclic amines) is 1. The first-order chi connectivity index (χ1) is 19.0. The Morgan fingerprint density at radius 3 is 2.49 bits per heavy atom. The number of carbonyl (C=O) groups excluding carboxylic acids is 1. The summed E-state index contributed by atoms with van der Waals surface area (Å²) in [7, 11) is 0. The normalized spacial score (nSPS) is 18.1. The highest BCUT2D eigenvalue weighted by Crippen LogP contribution is 2.31. The SMILES string of the molecule is O=C(Nc1ccc(N2CCC(N3CCCC3)CC2)cc1)c1cc2c(nn1)NCCN2Cc1cc(Cl)ccc1Cl. The van der Waals surface area contributed by atoms with Gasteiger partial charge >= 0.3 is 0 Å². The quantitative estimate of drug-likeness (QED) is 0.406. The van der Waals surface area contributed by atoms with E-state index in [1.54, 1.807) is 18.2 Å². The van der Waals surface area contributed by atoms with E-state index in [2.05, 4.69) is 47.7 Å². The summed E-state index contributed by atoms with van der Waals surface area (Å²) in [5.74, 6) is 0.351. The van der Waals surface area contributed by atoms with Crippen molar-refractivity contribution in [2.45, 2.75) is 38.3 Å². The monoisotopic (exact) mass is 565 g/mol. The Morgan fingerprint density at radius 2 is 1.72 bits per heavy atom. The topological polar surface area (TPSA) is 76.6 Å². The molecule has 2 aromatic carbocycles. The van der Waals surface area contributed by atoms with Crippen LogP contribution in [0.4, 0.5) is 22.9 Å². The summed E-state index contributed by atoms with van der Waals surface area (Å²) in [5.41, 5.74) is 3.91. The Hall–Kier alpha value is -3.07. The molecule has 0 unspecified atom stereocenters. The lowest BCUT2D eigenvalue weighted by Crippen LogP contribution is -2.43. The van der Waals surface area contributed by atoms with Crippen molar-refractivity contribution < 1.29 is 4.79 Å². The molecule has 1 aromatic heterocycles. The van der Waals surface area contributed by atoms with Crippen molar-refractivity contribution >= 4 is 52.0 Å². The molecule has 0 aliphatic carbocycles. The van der Waals surface area contributed by atoms with Crippen molar-refractivity contribution in [1.82, 2.24) is 15.1 Å². The third kappa shape index (κ3) is 5.93. The van der Waals surface area contributed by atoms with Gasteiger partial charge in [0.05, 0.1) is 5.69 Å². The zero-order valence-corrected chi connectivity index (χ0v) is 23.4. The van der Waals surface area contributed by atoms with Gasteiger partial charge in [-0.1, -0.05) is 23.2 Å². The lowest BCUT2D eigenvalue weighted by Gasteiger charge is -2.37. The predicted octanol–water partition coefficient (Wildman–Crippen LogP) is 5.53. The van der Waals surface area contributed by atoms with E-state index < -0.39 is 0 Å². The maximum atomic E-state index is 13.1. The molecule has 8 nitrogen and oxygen atoms in total. The van der Waals surface area contributed by atoms with Crippen LogP contribution in [0.3, 0.4) is 0 Å². The fourth-order valence-electron chi connectivity index (χ4n) is 5.87. The van der Waals surface area contributed by atoms with Crippen LogP contribution in [0.25, 0.3) is 0 Å². The number of benzene rings is 2. The van der Waals surface area contributed by atoms with E-state index in [-0.39, 0.29) is 11.6 Å². The van der Waals surface area contributed by atoms with E-state index in [4.69, 9.17) is 23.2 Å². The fraction of sp³-hybridized carbons (Fsp3) is 0.414. The van der Waals surface area contributed by atoms with Gasteiger partial charge in [-0.05, 0) is 92.9 Å². The number of piperidine rings is 1. The number of nitrogens with zero attached hydrogens (tertiary/aromatic N) is 5. The molecule has 4 heterocycles. The van der Waals surface area contributed by atoms with Crippen molar-refractivity contribution in [3.63, 3.8) is 0 Å². The van der Waals surface area contributed by atoms with Gasteiger partial charge in [-0.15, -0.1) is 10.2 Å². The van der Waals surface area contributed by atoms with Crippen molar-refractivity contribution in [2.24, 2.45) is 0 Å². The standard InChI is InChI=1S/C29H33Cl2N7O/c30-21-3-8-25(31)20(17-21)19-38-16-11-32-28-27(38)18-26(34-35-28)29(39)33-22-4-6-23(7-5-22)37-14-9-24(10-15-37)36-12-1-2-13-36/h3-8,17-18,24H,1-2,9-16,19H2,(H,32,35)(H,33,39). The van der Waals surface area contributed by atoms with Gasteiger partial charge in [0.2, 0.25) is 0 Å². The second-order valence-electron chi connectivity index (χ2n) is 10.5. The summed E-state index contributed by atoms with van der Waals surface area (Å²) in [6, 6.07) is 16.0. The summed E-state index contributed by atoms with van der Waals surface area (Å²) >= 11 is 12.6. The van der Waals surface area contributed by atoms with Crippen LogP contribution in [0.2, 0.25) is 10.0 Å². The van der Waals surface area contributed by atoms with Crippen LogP contribution in [0.5, 0.6) is 0 Å². The number of carbonyl (C=O) groups is 1. The highest BCUT2D eigenvalue weighted by atomic mass is 35.5. The van der Waals surface area contributed by atoms with Gasteiger partial charge in [0.25, 0.3) is 5.91 Å². The number of halogens is 2. The van der Waals surface area contributed by atoms with Crippen molar-refractivity contribution in [2.75, 3.05) is 59.7 Å². The minimum Gasteiger partial charge on any atom is -0.371 e. The van der Waals surface area contributed by atoms with Gasteiger partial charge in [0.15, 0.2) is 11.5 Å². The molecule has 0 radical (unpaired) electrons. The number of aromatic nitrogens is 2. The van der Waals surface area contributed by atoms with Gasteiger partial charge in [-0.3, -0.25) is 4.79 Å². The number of rotatable bonds is 6. The molecule has 1 amide bonds. The van der Waals surface area contributed by atoms with Crippen molar-refractivity contribution in [1.29, 1.82) is 0 Å². The Balaban J connectivity index is 1.10. The zero-order valence-electron chi connectivity index (χ0n) is 21.9. The fourth-order valence-corrected chi connectivity index (χ4v) is 6.24. The molecule has 3 aliphatic heterocycles. The number of hydrogen-bond donors (Lipinski definition) is 2. The Bertz CT molecular complexity index is 1320. The van der Waals surface area contributed by atoms with Crippen LogP contribution in [0, 0.1) is 0 Å². The van der Waals surface area contributed by atoms with E-state index in [1.165, 1.54) is 44.5 Å².